The third kappa shape index (κ3) is 5.11. The average molecular weight is 508 g/mol. The summed E-state index contributed by atoms with van der Waals surface area (Å²) in [6.07, 6.45) is 0.313. The van der Waals surface area contributed by atoms with Crippen LogP contribution in [0.3, 0.4) is 0 Å². The maximum atomic E-state index is 13.7. The monoisotopic (exact) mass is 507 g/mol. The van der Waals surface area contributed by atoms with Crippen molar-refractivity contribution in [3.8, 4) is 5.69 Å². The highest BCUT2D eigenvalue weighted by molar-refractivity contribution is 7.89. The van der Waals surface area contributed by atoms with Gasteiger partial charge in [-0.15, -0.1) is 0 Å². The Hall–Kier alpha value is -4.09. The van der Waals surface area contributed by atoms with Gasteiger partial charge in [-0.05, 0) is 54.8 Å². The summed E-state index contributed by atoms with van der Waals surface area (Å²) in [5.41, 5.74) is 6.05. The Morgan fingerprint density at radius 1 is 1.06 bits per heavy atom. The Kier molecular flexibility index (Phi) is 6.86. The summed E-state index contributed by atoms with van der Waals surface area (Å²) in [6.45, 7) is 3.84. The molecule has 3 aromatic carbocycles. The van der Waals surface area contributed by atoms with Crippen LogP contribution in [-0.4, -0.2) is 22.9 Å². The molecule has 36 heavy (non-hydrogen) atoms. The van der Waals surface area contributed by atoms with E-state index >= 15 is 0 Å². The van der Waals surface area contributed by atoms with E-state index in [1.165, 1.54) is 47.0 Å². The summed E-state index contributed by atoms with van der Waals surface area (Å²) in [5, 5.41) is 11.7. The molecule has 0 aliphatic carbocycles. The van der Waals surface area contributed by atoms with Gasteiger partial charge in [-0.1, -0.05) is 32.0 Å². The van der Waals surface area contributed by atoms with Crippen molar-refractivity contribution < 1.29 is 13.3 Å². The van der Waals surface area contributed by atoms with Crippen LogP contribution in [0, 0.1) is 16.0 Å². The molecule has 0 aliphatic heterocycles. The number of aromatic nitrogens is 2. The van der Waals surface area contributed by atoms with Crippen LogP contribution < -0.4 is 16.0 Å². The van der Waals surface area contributed by atoms with Gasteiger partial charge in [-0.2, -0.15) is 0 Å². The zero-order chi connectivity index (χ0) is 26.0. The van der Waals surface area contributed by atoms with E-state index < -0.39 is 26.5 Å². The molecule has 0 aliphatic rings. The van der Waals surface area contributed by atoms with E-state index in [0.717, 1.165) is 0 Å². The van der Waals surface area contributed by atoms with Crippen LogP contribution >= 0.6 is 0 Å². The zero-order valence-corrected chi connectivity index (χ0v) is 20.5. The molecule has 0 saturated carbocycles. The molecule has 1 heterocycles. The van der Waals surface area contributed by atoms with Crippen molar-refractivity contribution in [2.45, 2.75) is 31.2 Å². The molecule has 0 fully saturated rings. The molecular weight excluding hydrogens is 482 g/mol. The number of sulfonamides is 1. The normalized spacial score (nSPS) is 12.6. The van der Waals surface area contributed by atoms with Crippen LogP contribution in [0.5, 0.6) is 0 Å². The number of anilines is 1. The first-order valence-electron chi connectivity index (χ1n) is 11.2. The highest BCUT2D eigenvalue weighted by atomic mass is 32.2. The largest absolute Gasteiger partial charge is 0.399 e. The number of hydrogen-bond acceptors (Lipinski definition) is 7. The topological polar surface area (TPSA) is 150 Å². The van der Waals surface area contributed by atoms with Crippen LogP contribution in [0.4, 0.5) is 11.4 Å². The molecule has 0 spiro atoms. The van der Waals surface area contributed by atoms with Crippen LogP contribution in [-0.2, 0) is 10.0 Å². The predicted octanol–water partition coefficient (Wildman–Crippen LogP) is 3.94. The Morgan fingerprint density at radius 3 is 2.42 bits per heavy atom. The summed E-state index contributed by atoms with van der Waals surface area (Å²) in [7, 11) is -4.03. The van der Waals surface area contributed by atoms with Crippen LogP contribution in [0.15, 0.2) is 82.5 Å². The maximum Gasteiger partial charge on any atom is 0.271 e. The number of nitro groups is 1. The molecule has 11 heteroatoms. The molecule has 3 N–H and O–H groups in total. The number of nitrogens with two attached hydrogens (primary N) is 1. The first-order chi connectivity index (χ1) is 17.1. The second-order valence-electron chi connectivity index (χ2n) is 8.78. The minimum Gasteiger partial charge on any atom is -0.399 e. The smallest absolute Gasteiger partial charge is 0.271 e. The predicted molar refractivity (Wildman–Crippen MR) is 137 cm³/mol. The van der Waals surface area contributed by atoms with Gasteiger partial charge in [0.25, 0.3) is 11.2 Å². The number of fused-ring (bicyclic) bond motifs is 1. The highest BCUT2D eigenvalue weighted by Gasteiger charge is 2.28. The zero-order valence-electron chi connectivity index (χ0n) is 19.7. The quantitative estimate of drug-likeness (QED) is 0.208. The number of non-ortho nitro benzene ring substituents is 1. The second kappa shape index (κ2) is 9.88. The van der Waals surface area contributed by atoms with Gasteiger partial charge in [0.1, 0.15) is 5.82 Å². The van der Waals surface area contributed by atoms with E-state index in [1.807, 2.05) is 13.8 Å². The van der Waals surface area contributed by atoms with Crippen molar-refractivity contribution in [3.63, 3.8) is 0 Å². The molecule has 1 unspecified atom stereocenters. The highest BCUT2D eigenvalue weighted by Crippen LogP contribution is 2.27. The van der Waals surface area contributed by atoms with Crippen molar-refractivity contribution in [1.82, 2.24) is 14.3 Å². The number of nitro benzene ring substituents is 1. The fourth-order valence-electron chi connectivity index (χ4n) is 3.96. The molecule has 186 valence electrons. The molecular formula is C25H25N5O5S. The Bertz CT molecular complexity index is 1600. The first kappa shape index (κ1) is 25.0. The van der Waals surface area contributed by atoms with Crippen LogP contribution in [0.25, 0.3) is 16.6 Å². The second-order valence-corrected chi connectivity index (χ2v) is 10.5. The van der Waals surface area contributed by atoms with Crippen molar-refractivity contribution in [1.29, 1.82) is 0 Å². The van der Waals surface area contributed by atoms with Gasteiger partial charge in [-0.25, -0.2) is 18.1 Å². The number of hydrogen-bond donors (Lipinski definition) is 2. The number of nitrogens with one attached hydrogen (secondary N) is 1. The minimum atomic E-state index is -4.03. The number of nitrogens with zero attached hydrogens (tertiary/aromatic N) is 3. The molecule has 4 aromatic rings. The molecule has 1 atom stereocenters. The van der Waals surface area contributed by atoms with Gasteiger partial charge < -0.3 is 5.73 Å². The summed E-state index contributed by atoms with van der Waals surface area (Å²) in [4.78, 5) is 29.2. The summed E-state index contributed by atoms with van der Waals surface area (Å²) >= 11 is 0. The van der Waals surface area contributed by atoms with Crippen molar-refractivity contribution in [2.75, 3.05) is 5.73 Å². The van der Waals surface area contributed by atoms with E-state index in [-0.39, 0.29) is 28.0 Å². The van der Waals surface area contributed by atoms with Crippen LogP contribution in [0.1, 0.15) is 32.1 Å². The third-order valence-electron chi connectivity index (χ3n) is 5.61. The van der Waals surface area contributed by atoms with Crippen molar-refractivity contribution in [3.05, 3.63) is 99.1 Å². The summed E-state index contributed by atoms with van der Waals surface area (Å²) in [6, 6.07) is 17.1. The molecule has 0 amide bonds. The van der Waals surface area contributed by atoms with E-state index in [9.17, 15) is 23.3 Å². The third-order valence-corrected chi connectivity index (χ3v) is 7.09. The SMILES string of the molecule is CC(C)CC(NS(=O)(=O)c1ccc(N)cc1)c1nc2ccccc2c(=O)n1-c1cccc([N+](=O)[O-])c1. The summed E-state index contributed by atoms with van der Waals surface area (Å²) in [5.74, 6) is 0.151. The lowest BCUT2D eigenvalue weighted by Crippen LogP contribution is -2.35. The Labute approximate surface area is 207 Å². The molecule has 10 nitrogen and oxygen atoms in total. The fourth-order valence-corrected chi connectivity index (χ4v) is 5.17. The lowest BCUT2D eigenvalue weighted by molar-refractivity contribution is -0.384. The lowest BCUT2D eigenvalue weighted by atomic mass is 10.0. The van der Waals surface area contributed by atoms with Crippen molar-refractivity contribution >= 4 is 32.3 Å². The maximum absolute atomic E-state index is 13.7. The van der Waals surface area contributed by atoms with Gasteiger partial charge in [0.05, 0.1) is 32.5 Å². The molecule has 0 saturated heterocycles. The van der Waals surface area contributed by atoms with E-state index in [4.69, 9.17) is 5.73 Å². The van der Waals surface area contributed by atoms with Gasteiger partial charge in [0, 0.05) is 17.8 Å². The molecule has 4 rings (SSSR count). The number of nitrogen functional groups attached to an aromatic ring is 1. The Morgan fingerprint density at radius 2 is 1.75 bits per heavy atom. The number of para-hydroxylation sites is 1. The summed E-state index contributed by atoms with van der Waals surface area (Å²) < 4.78 is 30.5. The molecule has 1 aromatic heterocycles. The average Bonchev–Trinajstić information content (AvgIpc) is 2.83. The fraction of sp³-hybridized carbons (Fsp3) is 0.200. The van der Waals surface area contributed by atoms with E-state index in [0.29, 0.717) is 23.0 Å². The Balaban J connectivity index is 1.95. The van der Waals surface area contributed by atoms with Gasteiger partial charge in [0.2, 0.25) is 10.0 Å². The molecule has 0 bridgehead atoms. The van der Waals surface area contributed by atoms with Gasteiger partial charge >= 0.3 is 0 Å². The van der Waals surface area contributed by atoms with E-state index in [1.54, 1.807) is 30.3 Å². The molecule has 0 radical (unpaired) electrons. The van der Waals surface area contributed by atoms with Gasteiger partial charge in [-0.3, -0.25) is 19.5 Å². The standard InChI is InChI=1S/C25H25N5O5S/c1-16(2)14-23(28-36(34,35)20-12-10-17(26)11-13-20)24-27-22-9-4-3-8-21(22)25(31)29(24)18-6-5-7-19(15-18)30(32)33/h3-13,15-16,23,28H,14,26H2,1-2H3. The first-order valence-corrected chi connectivity index (χ1v) is 12.7. The number of benzene rings is 3. The lowest BCUT2D eigenvalue weighted by Gasteiger charge is -2.24. The van der Waals surface area contributed by atoms with Gasteiger partial charge in [0.15, 0.2) is 0 Å². The van der Waals surface area contributed by atoms with Crippen LogP contribution in [0.2, 0.25) is 0 Å². The number of rotatable bonds is 8. The van der Waals surface area contributed by atoms with E-state index in [2.05, 4.69) is 9.71 Å². The van der Waals surface area contributed by atoms with Crippen molar-refractivity contribution in [2.24, 2.45) is 5.92 Å². The minimum absolute atomic E-state index is 0.00971.